The van der Waals surface area contributed by atoms with Crippen LogP contribution in [0.5, 0.6) is 5.75 Å². The Bertz CT molecular complexity index is 959. The smallest absolute Gasteiger partial charge is 0.262 e. The van der Waals surface area contributed by atoms with Crippen molar-refractivity contribution in [1.29, 1.82) is 0 Å². The molecule has 1 saturated carbocycles. The van der Waals surface area contributed by atoms with E-state index in [2.05, 4.69) is 10.0 Å². The molecule has 1 aliphatic rings. The van der Waals surface area contributed by atoms with Crippen LogP contribution >= 0.6 is 23.2 Å². The molecule has 9 heteroatoms. The topological polar surface area (TPSA) is 84.5 Å². The van der Waals surface area contributed by atoms with Crippen LogP contribution in [0.4, 0.5) is 5.69 Å². The van der Waals surface area contributed by atoms with Gasteiger partial charge in [-0.25, -0.2) is 13.1 Å². The number of ether oxygens (including phenoxy) is 1. The molecule has 0 saturated heterocycles. The first-order chi connectivity index (χ1) is 13.8. The molecule has 0 radical (unpaired) electrons. The van der Waals surface area contributed by atoms with Crippen molar-refractivity contribution < 1.29 is 17.9 Å². The molecule has 2 aromatic rings. The molecule has 0 aliphatic heterocycles. The summed E-state index contributed by atoms with van der Waals surface area (Å²) in [5.74, 6) is -0.0289. The van der Waals surface area contributed by atoms with E-state index in [4.69, 9.17) is 27.9 Å². The van der Waals surface area contributed by atoms with E-state index >= 15 is 0 Å². The average molecular weight is 457 g/mol. The number of nitrogens with one attached hydrogen (secondary N) is 2. The van der Waals surface area contributed by atoms with Gasteiger partial charge in [0.25, 0.3) is 5.91 Å². The van der Waals surface area contributed by atoms with E-state index in [0.717, 1.165) is 32.1 Å². The fourth-order valence-corrected chi connectivity index (χ4v) is 4.81. The quantitative estimate of drug-likeness (QED) is 0.636. The molecular weight excluding hydrogens is 435 g/mol. The fourth-order valence-electron chi connectivity index (χ4n) is 3.16. The first kappa shape index (κ1) is 21.9. The van der Waals surface area contributed by atoms with Gasteiger partial charge < -0.3 is 10.1 Å². The largest absolute Gasteiger partial charge is 0.484 e. The number of carbonyl (C=O) groups excluding carboxylic acids is 1. The predicted octanol–water partition coefficient (Wildman–Crippen LogP) is 4.62. The molecular formula is C20H22Cl2N2O4S. The molecule has 29 heavy (non-hydrogen) atoms. The maximum absolute atomic E-state index is 12.5. The minimum Gasteiger partial charge on any atom is -0.484 e. The molecule has 0 unspecified atom stereocenters. The Morgan fingerprint density at radius 2 is 1.72 bits per heavy atom. The van der Waals surface area contributed by atoms with E-state index in [1.54, 1.807) is 18.2 Å². The van der Waals surface area contributed by atoms with Gasteiger partial charge in [0.15, 0.2) is 6.61 Å². The SMILES string of the molecule is O=C(COc1ccc(S(=O)(=O)NC2CCCCC2)cc1)Nc1cccc(Cl)c1Cl. The van der Waals surface area contributed by atoms with Gasteiger partial charge in [-0.1, -0.05) is 48.5 Å². The summed E-state index contributed by atoms with van der Waals surface area (Å²) < 4.78 is 33.2. The summed E-state index contributed by atoms with van der Waals surface area (Å²) in [6.07, 6.45) is 4.98. The van der Waals surface area contributed by atoms with Crippen molar-refractivity contribution in [2.45, 2.75) is 43.0 Å². The maximum Gasteiger partial charge on any atom is 0.262 e. The standard InChI is InChI=1S/C20H22Cl2N2O4S/c21-17-7-4-8-18(20(17)22)23-19(25)13-28-15-9-11-16(12-10-15)29(26,27)24-14-5-2-1-3-6-14/h4,7-12,14,24H,1-3,5-6,13H2,(H,23,25). The van der Waals surface area contributed by atoms with Crippen molar-refractivity contribution in [3.05, 3.63) is 52.5 Å². The second-order valence-electron chi connectivity index (χ2n) is 6.87. The monoisotopic (exact) mass is 456 g/mol. The molecule has 1 amide bonds. The van der Waals surface area contributed by atoms with Crippen molar-refractivity contribution in [3.8, 4) is 5.75 Å². The minimum atomic E-state index is -3.57. The van der Waals surface area contributed by atoms with Crippen LogP contribution in [0.1, 0.15) is 32.1 Å². The Balaban J connectivity index is 1.54. The molecule has 0 spiro atoms. The number of benzene rings is 2. The molecule has 0 aromatic heterocycles. The van der Waals surface area contributed by atoms with Crippen molar-refractivity contribution in [2.24, 2.45) is 0 Å². The van der Waals surface area contributed by atoms with E-state index in [0.29, 0.717) is 16.5 Å². The van der Waals surface area contributed by atoms with Gasteiger partial charge in [0.05, 0.1) is 20.6 Å². The lowest BCUT2D eigenvalue weighted by Crippen LogP contribution is -2.36. The van der Waals surface area contributed by atoms with E-state index in [-0.39, 0.29) is 22.6 Å². The Hall–Kier alpha value is -1.80. The number of halogens is 2. The molecule has 0 heterocycles. The lowest BCUT2D eigenvalue weighted by Gasteiger charge is -2.22. The number of hydrogen-bond acceptors (Lipinski definition) is 4. The summed E-state index contributed by atoms with van der Waals surface area (Å²) in [5, 5.41) is 3.21. The summed E-state index contributed by atoms with van der Waals surface area (Å²) in [5.41, 5.74) is 0.392. The van der Waals surface area contributed by atoms with Gasteiger partial charge in [0.2, 0.25) is 10.0 Å². The van der Waals surface area contributed by atoms with Gasteiger partial charge in [0, 0.05) is 6.04 Å². The highest BCUT2D eigenvalue weighted by Crippen LogP contribution is 2.29. The van der Waals surface area contributed by atoms with Crippen LogP contribution in [0.2, 0.25) is 10.0 Å². The molecule has 156 valence electrons. The van der Waals surface area contributed by atoms with Crippen LogP contribution in [0.25, 0.3) is 0 Å². The average Bonchev–Trinajstić information content (AvgIpc) is 2.71. The summed E-state index contributed by atoms with van der Waals surface area (Å²) in [6.45, 7) is -0.255. The van der Waals surface area contributed by atoms with Crippen LogP contribution in [0.15, 0.2) is 47.4 Å². The Labute approximate surface area is 180 Å². The van der Waals surface area contributed by atoms with E-state index < -0.39 is 15.9 Å². The zero-order valence-electron chi connectivity index (χ0n) is 15.7. The molecule has 1 fully saturated rings. The highest BCUT2D eigenvalue weighted by molar-refractivity contribution is 7.89. The summed E-state index contributed by atoms with van der Waals surface area (Å²) in [4.78, 5) is 12.2. The van der Waals surface area contributed by atoms with Crippen molar-refractivity contribution in [2.75, 3.05) is 11.9 Å². The van der Waals surface area contributed by atoms with Crippen molar-refractivity contribution in [3.63, 3.8) is 0 Å². The minimum absolute atomic E-state index is 0.00770. The number of anilines is 1. The van der Waals surface area contributed by atoms with Crippen LogP contribution in [-0.2, 0) is 14.8 Å². The summed E-state index contributed by atoms with van der Waals surface area (Å²) in [7, 11) is -3.57. The molecule has 2 aromatic carbocycles. The predicted molar refractivity (Wildman–Crippen MR) is 114 cm³/mol. The summed E-state index contributed by atoms with van der Waals surface area (Å²) in [6, 6.07) is 10.9. The second kappa shape index (κ2) is 9.80. The lowest BCUT2D eigenvalue weighted by atomic mass is 9.96. The Kier molecular flexibility index (Phi) is 7.40. The molecule has 1 aliphatic carbocycles. The first-order valence-electron chi connectivity index (χ1n) is 9.34. The fraction of sp³-hybridized carbons (Fsp3) is 0.350. The highest BCUT2D eigenvalue weighted by Gasteiger charge is 2.21. The van der Waals surface area contributed by atoms with Crippen LogP contribution in [-0.4, -0.2) is 27.0 Å². The van der Waals surface area contributed by atoms with E-state index in [1.165, 1.54) is 24.3 Å². The van der Waals surface area contributed by atoms with Gasteiger partial charge in [0.1, 0.15) is 5.75 Å². The third-order valence-electron chi connectivity index (χ3n) is 4.66. The van der Waals surface area contributed by atoms with Crippen molar-refractivity contribution in [1.82, 2.24) is 4.72 Å². The normalized spacial score (nSPS) is 15.1. The van der Waals surface area contributed by atoms with Crippen LogP contribution in [0.3, 0.4) is 0 Å². The maximum atomic E-state index is 12.5. The number of sulfonamides is 1. The van der Waals surface area contributed by atoms with Crippen LogP contribution in [0, 0.1) is 0 Å². The number of carbonyl (C=O) groups is 1. The molecule has 2 N–H and O–H groups in total. The highest BCUT2D eigenvalue weighted by atomic mass is 35.5. The molecule has 3 rings (SSSR count). The zero-order valence-corrected chi connectivity index (χ0v) is 18.0. The number of hydrogen-bond donors (Lipinski definition) is 2. The third-order valence-corrected chi connectivity index (χ3v) is 7.01. The second-order valence-corrected chi connectivity index (χ2v) is 9.37. The van der Waals surface area contributed by atoms with E-state index in [9.17, 15) is 13.2 Å². The molecule has 6 nitrogen and oxygen atoms in total. The Morgan fingerprint density at radius 3 is 2.41 bits per heavy atom. The lowest BCUT2D eigenvalue weighted by molar-refractivity contribution is -0.118. The molecule has 0 bridgehead atoms. The van der Waals surface area contributed by atoms with Gasteiger partial charge in [-0.05, 0) is 49.2 Å². The zero-order chi connectivity index (χ0) is 20.9. The number of amides is 1. The van der Waals surface area contributed by atoms with Crippen LogP contribution < -0.4 is 14.8 Å². The van der Waals surface area contributed by atoms with Gasteiger partial charge in [-0.2, -0.15) is 0 Å². The van der Waals surface area contributed by atoms with Gasteiger partial charge >= 0.3 is 0 Å². The third kappa shape index (κ3) is 6.09. The molecule has 0 atom stereocenters. The first-order valence-corrected chi connectivity index (χ1v) is 11.6. The van der Waals surface area contributed by atoms with Crippen molar-refractivity contribution >= 4 is 44.8 Å². The van der Waals surface area contributed by atoms with Gasteiger partial charge in [-0.3, -0.25) is 4.79 Å². The number of rotatable bonds is 7. The van der Waals surface area contributed by atoms with E-state index in [1.807, 2.05) is 0 Å². The summed E-state index contributed by atoms with van der Waals surface area (Å²) >= 11 is 11.9. The van der Waals surface area contributed by atoms with Gasteiger partial charge in [-0.15, -0.1) is 0 Å². The Morgan fingerprint density at radius 1 is 1.03 bits per heavy atom.